The van der Waals surface area contributed by atoms with Gasteiger partial charge in [0.2, 0.25) is 0 Å². The fraction of sp³-hybridized carbons (Fsp3) is 0.211. The summed E-state index contributed by atoms with van der Waals surface area (Å²) in [5, 5.41) is 8.30. The van der Waals surface area contributed by atoms with Gasteiger partial charge in [0.25, 0.3) is 0 Å². The smallest absolute Gasteiger partial charge is 0.0170 e. The maximum Gasteiger partial charge on any atom is 0.0170 e. The topological polar surface area (TPSA) is 0 Å². The Kier molecular flexibility index (Phi) is 3.64. The van der Waals surface area contributed by atoms with E-state index in [1.54, 1.807) is 5.56 Å². The minimum absolute atomic E-state index is 0.0387. The van der Waals surface area contributed by atoms with E-state index in [4.69, 9.17) is 0 Å². The van der Waals surface area contributed by atoms with Crippen LogP contribution in [0.1, 0.15) is 67.0 Å². The van der Waals surface area contributed by atoms with Crippen LogP contribution in [-0.2, 0) is 10.8 Å². The van der Waals surface area contributed by atoms with E-state index in [2.05, 4.69) is 125 Å². The third-order valence-corrected chi connectivity index (χ3v) is 10.5. The zero-order valence-electron chi connectivity index (χ0n) is 22.4. The van der Waals surface area contributed by atoms with Crippen LogP contribution >= 0.6 is 0 Å². The highest BCUT2D eigenvalue weighted by Crippen LogP contribution is 2.63. The van der Waals surface area contributed by atoms with Gasteiger partial charge < -0.3 is 0 Å². The van der Waals surface area contributed by atoms with Gasteiger partial charge in [0.1, 0.15) is 0 Å². The monoisotopic (exact) mass is 486 g/mol. The Morgan fingerprint density at radius 1 is 0.605 bits per heavy atom. The first kappa shape index (κ1) is 21.1. The molecule has 9 rings (SSSR count). The van der Waals surface area contributed by atoms with E-state index >= 15 is 0 Å². The number of allylic oxidation sites excluding steroid dienone is 1. The summed E-state index contributed by atoms with van der Waals surface area (Å²) in [7, 11) is 0. The maximum absolute atomic E-state index is 2.51. The van der Waals surface area contributed by atoms with Crippen molar-refractivity contribution in [3.8, 4) is 11.1 Å². The van der Waals surface area contributed by atoms with Crippen molar-refractivity contribution < 1.29 is 0 Å². The highest BCUT2D eigenvalue weighted by atomic mass is 14.5. The van der Waals surface area contributed by atoms with Gasteiger partial charge in [-0.3, -0.25) is 0 Å². The van der Waals surface area contributed by atoms with Gasteiger partial charge in [-0.1, -0.05) is 119 Å². The van der Waals surface area contributed by atoms with Crippen molar-refractivity contribution in [3.63, 3.8) is 0 Å². The van der Waals surface area contributed by atoms with Crippen LogP contribution < -0.4 is 0 Å². The molecule has 2 unspecified atom stereocenters. The van der Waals surface area contributed by atoms with Gasteiger partial charge in [-0.15, -0.1) is 0 Å². The molecule has 0 saturated heterocycles. The first-order chi connectivity index (χ1) is 18.4. The molecule has 0 saturated carbocycles. The fourth-order valence-electron chi connectivity index (χ4n) is 8.71. The summed E-state index contributed by atoms with van der Waals surface area (Å²) < 4.78 is 0. The zero-order valence-corrected chi connectivity index (χ0v) is 22.4. The summed E-state index contributed by atoms with van der Waals surface area (Å²) in [6.07, 6.45) is 4.88. The summed E-state index contributed by atoms with van der Waals surface area (Å²) in [4.78, 5) is 0. The van der Waals surface area contributed by atoms with Crippen LogP contribution in [-0.4, -0.2) is 0 Å². The molecule has 0 radical (unpaired) electrons. The Bertz CT molecular complexity index is 2010. The van der Waals surface area contributed by atoms with Crippen molar-refractivity contribution in [2.45, 2.75) is 44.4 Å². The molecule has 6 aromatic carbocycles. The third-order valence-electron chi connectivity index (χ3n) is 10.5. The van der Waals surface area contributed by atoms with Crippen molar-refractivity contribution in [2.75, 3.05) is 0 Å². The minimum atomic E-state index is -0.0399. The molecule has 0 aliphatic heterocycles. The summed E-state index contributed by atoms with van der Waals surface area (Å²) in [5.41, 5.74) is 11.9. The van der Waals surface area contributed by atoms with Crippen molar-refractivity contribution in [1.82, 2.24) is 0 Å². The van der Waals surface area contributed by atoms with Gasteiger partial charge in [-0.25, -0.2) is 0 Å². The van der Waals surface area contributed by atoms with E-state index in [1.165, 1.54) is 71.3 Å². The molecule has 0 amide bonds. The van der Waals surface area contributed by atoms with Crippen LogP contribution in [0.2, 0.25) is 0 Å². The lowest BCUT2D eigenvalue weighted by Gasteiger charge is -2.33. The highest BCUT2D eigenvalue weighted by molar-refractivity contribution is 6.26. The average Bonchev–Trinajstić information content (AvgIpc) is 3.31. The van der Waals surface area contributed by atoms with Crippen LogP contribution in [0.3, 0.4) is 0 Å². The molecule has 3 aliphatic carbocycles. The first-order valence-electron chi connectivity index (χ1n) is 14.0. The van der Waals surface area contributed by atoms with E-state index in [1.807, 2.05) is 0 Å². The molecule has 3 aliphatic rings. The zero-order chi connectivity index (χ0) is 25.6. The molecular formula is C38H30. The molecule has 0 bridgehead atoms. The van der Waals surface area contributed by atoms with E-state index in [-0.39, 0.29) is 10.8 Å². The van der Waals surface area contributed by atoms with Crippen LogP contribution in [0, 0.1) is 5.92 Å². The molecule has 0 heterocycles. The van der Waals surface area contributed by atoms with Crippen LogP contribution in [0.5, 0.6) is 0 Å². The Morgan fingerprint density at radius 3 is 2.21 bits per heavy atom. The van der Waals surface area contributed by atoms with Crippen LogP contribution in [0.15, 0.2) is 91.0 Å². The van der Waals surface area contributed by atoms with E-state index in [0.29, 0.717) is 11.8 Å². The molecule has 2 atom stereocenters. The van der Waals surface area contributed by atoms with E-state index in [0.717, 1.165) is 0 Å². The van der Waals surface area contributed by atoms with Crippen molar-refractivity contribution in [2.24, 2.45) is 5.92 Å². The normalized spacial score (nSPS) is 21.5. The Balaban J connectivity index is 1.45. The van der Waals surface area contributed by atoms with Gasteiger partial charge in [0.15, 0.2) is 0 Å². The third kappa shape index (κ3) is 2.26. The number of benzene rings is 6. The Hall–Kier alpha value is -3.90. The SMILES string of the molecule is CC1(C)c2ccc3c(c2-c2c1cc1ccc4cccc5ccc2c1c45)C(C)(C)C1C=Cc2ccccc2C31. The van der Waals surface area contributed by atoms with Gasteiger partial charge in [-0.2, -0.15) is 0 Å². The predicted molar refractivity (Wildman–Crippen MR) is 162 cm³/mol. The van der Waals surface area contributed by atoms with E-state index in [9.17, 15) is 0 Å². The second kappa shape index (κ2) is 6.56. The lowest BCUT2D eigenvalue weighted by molar-refractivity contribution is 0.391. The second-order valence-electron chi connectivity index (χ2n) is 12.9. The van der Waals surface area contributed by atoms with Crippen LogP contribution in [0.4, 0.5) is 0 Å². The lowest BCUT2D eigenvalue weighted by atomic mass is 9.70. The molecule has 0 fully saturated rings. The Morgan fingerprint density at radius 2 is 1.37 bits per heavy atom. The minimum Gasteiger partial charge on any atom is -0.0790 e. The molecule has 0 N–H and O–H groups in total. The Labute approximate surface area is 224 Å². The van der Waals surface area contributed by atoms with Gasteiger partial charge in [-0.05, 0) is 94.2 Å². The number of hydrogen-bond donors (Lipinski definition) is 0. The molecular weight excluding hydrogens is 456 g/mol. The second-order valence-corrected chi connectivity index (χ2v) is 12.9. The largest absolute Gasteiger partial charge is 0.0790 e. The summed E-state index contributed by atoms with van der Waals surface area (Å²) >= 11 is 0. The number of hydrogen-bond acceptors (Lipinski definition) is 0. The molecule has 0 heteroatoms. The molecule has 38 heavy (non-hydrogen) atoms. The highest BCUT2D eigenvalue weighted by Gasteiger charge is 2.51. The predicted octanol–water partition coefficient (Wildman–Crippen LogP) is 9.96. The molecule has 182 valence electrons. The molecule has 0 aromatic heterocycles. The standard InChI is InChI=1S/C38H30/c1-37(2)29-19-17-27-33-25-11-6-5-8-21(25)15-18-28(33)38(3,4)36(27)35(29)34-26-16-14-23-10-7-9-22-12-13-24(20-30(34)37)32(26)31(22)23/h5-20,28,33H,1-4H3. The van der Waals surface area contributed by atoms with E-state index < -0.39 is 0 Å². The number of fused-ring (bicyclic) bond motifs is 10. The quantitative estimate of drug-likeness (QED) is 0.187. The van der Waals surface area contributed by atoms with Crippen molar-refractivity contribution in [1.29, 1.82) is 0 Å². The lowest BCUT2D eigenvalue weighted by Crippen LogP contribution is -2.27. The van der Waals surface area contributed by atoms with Gasteiger partial charge >= 0.3 is 0 Å². The van der Waals surface area contributed by atoms with Crippen molar-refractivity contribution >= 4 is 38.4 Å². The molecule has 0 spiro atoms. The van der Waals surface area contributed by atoms with Gasteiger partial charge in [0, 0.05) is 11.3 Å². The first-order valence-corrected chi connectivity index (χ1v) is 14.0. The van der Waals surface area contributed by atoms with Crippen LogP contribution in [0.25, 0.3) is 49.5 Å². The van der Waals surface area contributed by atoms with Crippen molar-refractivity contribution in [3.05, 3.63) is 124 Å². The summed E-state index contributed by atoms with van der Waals surface area (Å²) in [6.45, 7) is 9.86. The molecule has 0 nitrogen and oxygen atoms in total. The molecule has 6 aromatic rings. The maximum atomic E-state index is 2.51. The summed E-state index contributed by atoms with van der Waals surface area (Å²) in [5.74, 6) is 0.879. The fourth-order valence-corrected chi connectivity index (χ4v) is 8.71. The number of rotatable bonds is 0. The van der Waals surface area contributed by atoms with Gasteiger partial charge in [0.05, 0.1) is 0 Å². The summed E-state index contributed by atoms with van der Waals surface area (Å²) in [6, 6.07) is 32.6. The average molecular weight is 487 g/mol.